The minimum Gasteiger partial charge on any atom is -0.477 e. The Balaban J connectivity index is 0.00000341. The van der Waals surface area contributed by atoms with Crippen LogP contribution < -0.4 is 4.90 Å². The fraction of sp³-hybridized carbons (Fsp3) is 0.667. The molecule has 1 fully saturated rings. The number of anilines is 1. The number of hydrogen-bond acceptors (Lipinski definition) is 5. The summed E-state index contributed by atoms with van der Waals surface area (Å²) in [5.41, 5.74) is 1.56. The summed E-state index contributed by atoms with van der Waals surface area (Å²) in [5.74, 6) is -0.675. The Morgan fingerprint density at radius 1 is 1.26 bits per heavy atom. The first-order chi connectivity index (χ1) is 14.5. The summed E-state index contributed by atoms with van der Waals surface area (Å²) in [6.45, 7) is 2.07. The van der Waals surface area contributed by atoms with Crippen LogP contribution in [0.4, 0.5) is 5.69 Å². The second-order valence-corrected chi connectivity index (χ2v) is 9.61. The molecule has 1 aromatic heterocycles. The largest absolute Gasteiger partial charge is 0.477 e. The molecule has 7 heteroatoms. The molecule has 2 aliphatic rings. The third-order valence-corrected chi connectivity index (χ3v) is 7.50. The highest BCUT2D eigenvalue weighted by Crippen LogP contribution is 2.40. The second-order valence-electron chi connectivity index (χ2n) is 8.56. The van der Waals surface area contributed by atoms with Crippen molar-refractivity contribution in [3.05, 3.63) is 21.9 Å². The highest BCUT2D eigenvalue weighted by atomic mass is 32.1. The molecule has 3 rings (SSSR count). The summed E-state index contributed by atoms with van der Waals surface area (Å²) in [6, 6.07) is 1.23. The van der Waals surface area contributed by atoms with Crippen molar-refractivity contribution in [2.45, 2.75) is 71.8 Å². The molecule has 0 saturated heterocycles. The van der Waals surface area contributed by atoms with Gasteiger partial charge in [-0.15, -0.1) is 11.3 Å². The molecule has 0 spiro atoms. The Kier molecular flexibility index (Phi) is 9.72. The van der Waals surface area contributed by atoms with Gasteiger partial charge < -0.3 is 19.8 Å². The van der Waals surface area contributed by atoms with Crippen molar-refractivity contribution in [1.29, 1.82) is 0 Å². The number of aliphatic hydroxyl groups is 1. The highest BCUT2D eigenvalue weighted by molar-refractivity contribution is 7.15. The number of carboxylic acids is 1. The van der Waals surface area contributed by atoms with Crippen LogP contribution in [0, 0.1) is 11.8 Å². The average Bonchev–Trinajstić information content (AvgIpc) is 3.19. The number of methoxy groups -OCH3 is 1. The van der Waals surface area contributed by atoms with Gasteiger partial charge >= 0.3 is 5.97 Å². The normalized spacial score (nSPS) is 22.2. The number of rotatable bonds is 8. The fourth-order valence-electron chi connectivity index (χ4n) is 4.53. The molecule has 2 N–H and O–H groups in total. The van der Waals surface area contributed by atoms with Gasteiger partial charge in [0.15, 0.2) is 0 Å². The first kappa shape index (κ1) is 25.6. The molecule has 0 aliphatic heterocycles. The Morgan fingerprint density at radius 3 is 2.52 bits per heavy atom. The number of thiophene rings is 1. The van der Waals surface area contributed by atoms with Gasteiger partial charge in [-0.1, -0.05) is 20.4 Å². The van der Waals surface area contributed by atoms with Crippen LogP contribution in [0.3, 0.4) is 0 Å². The lowest BCUT2D eigenvalue weighted by molar-refractivity contribution is -0.124. The maximum Gasteiger partial charge on any atom is 0.348 e. The minimum absolute atomic E-state index is 0. The first-order valence-electron chi connectivity index (χ1n) is 11.0. The molecule has 1 aromatic rings. The molecule has 0 aromatic carbocycles. The van der Waals surface area contributed by atoms with E-state index in [1.54, 1.807) is 0 Å². The van der Waals surface area contributed by atoms with Crippen molar-refractivity contribution in [1.82, 2.24) is 0 Å². The molecule has 1 heterocycles. The van der Waals surface area contributed by atoms with Gasteiger partial charge in [-0.2, -0.15) is 0 Å². The average molecular weight is 452 g/mol. The summed E-state index contributed by atoms with van der Waals surface area (Å²) >= 11 is 1.23. The topological polar surface area (TPSA) is 87.1 Å². The van der Waals surface area contributed by atoms with Crippen LogP contribution in [0.1, 0.15) is 80.3 Å². The van der Waals surface area contributed by atoms with Gasteiger partial charge in [0.1, 0.15) is 4.88 Å². The Bertz CT molecular complexity index is 779. The lowest BCUT2D eigenvalue weighted by Gasteiger charge is -2.35. The second kappa shape index (κ2) is 11.8. The van der Waals surface area contributed by atoms with E-state index in [0.29, 0.717) is 11.6 Å². The summed E-state index contributed by atoms with van der Waals surface area (Å²) in [5, 5.41) is 19.9. The molecule has 0 bridgehead atoms. The van der Waals surface area contributed by atoms with Crippen LogP contribution in [-0.4, -0.2) is 48.5 Å². The van der Waals surface area contributed by atoms with Crippen LogP contribution >= 0.6 is 11.3 Å². The lowest BCUT2D eigenvalue weighted by Crippen LogP contribution is -2.48. The van der Waals surface area contributed by atoms with E-state index in [4.69, 9.17) is 4.74 Å². The van der Waals surface area contributed by atoms with Crippen LogP contribution in [0.25, 0.3) is 5.57 Å². The number of ether oxygens (including phenoxy) is 1. The number of allylic oxidation sites excluding steroid dienone is 2. The first-order valence-corrected chi connectivity index (χ1v) is 11.8. The fourth-order valence-corrected chi connectivity index (χ4v) is 5.59. The van der Waals surface area contributed by atoms with E-state index < -0.39 is 12.0 Å². The zero-order chi connectivity index (χ0) is 21.7. The zero-order valence-corrected chi connectivity index (χ0v) is 18.7. The smallest absolute Gasteiger partial charge is 0.348 e. The maximum absolute atomic E-state index is 13.6. The van der Waals surface area contributed by atoms with Crippen molar-refractivity contribution < 1.29 is 24.5 Å². The standard InChI is InChI=1S/C23H33NO5S.CH4/c1-15-8-10-17(11-9-15)22(26)24(18(13-25)14-29-2)19-12-20(30-21(19)23(27)28)16-6-4-3-5-7-16;/h6,12,15,17-18,25H,3-5,7-11,13-14H2,1-2H3,(H,27,28);1H4. The van der Waals surface area contributed by atoms with Crippen molar-refractivity contribution >= 4 is 34.5 Å². The summed E-state index contributed by atoms with van der Waals surface area (Å²) < 4.78 is 5.27. The van der Waals surface area contributed by atoms with Crippen molar-refractivity contribution in [3.63, 3.8) is 0 Å². The van der Waals surface area contributed by atoms with Crippen molar-refractivity contribution in [2.75, 3.05) is 25.2 Å². The highest BCUT2D eigenvalue weighted by Gasteiger charge is 2.36. The molecule has 31 heavy (non-hydrogen) atoms. The number of hydrogen-bond donors (Lipinski definition) is 2. The molecule has 1 amide bonds. The summed E-state index contributed by atoms with van der Waals surface area (Å²) in [7, 11) is 1.53. The van der Waals surface area contributed by atoms with E-state index in [1.165, 1.54) is 23.3 Å². The maximum atomic E-state index is 13.6. The summed E-state index contributed by atoms with van der Waals surface area (Å²) in [6.07, 6.45) is 9.92. The summed E-state index contributed by atoms with van der Waals surface area (Å²) in [4.78, 5) is 28.3. The lowest BCUT2D eigenvalue weighted by atomic mass is 9.82. The Hall–Kier alpha value is -1.70. The van der Waals surface area contributed by atoms with Gasteiger partial charge in [-0.25, -0.2) is 4.79 Å². The van der Waals surface area contributed by atoms with Gasteiger partial charge in [-0.05, 0) is 68.9 Å². The van der Waals surface area contributed by atoms with E-state index in [-0.39, 0.29) is 37.3 Å². The number of aliphatic hydroxyl groups excluding tert-OH is 1. The monoisotopic (exact) mass is 451 g/mol. The molecule has 1 atom stereocenters. The Morgan fingerprint density at radius 2 is 1.97 bits per heavy atom. The van der Waals surface area contributed by atoms with Crippen LogP contribution in [0.5, 0.6) is 0 Å². The number of nitrogens with zero attached hydrogens (tertiary/aromatic N) is 1. The molecule has 2 aliphatic carbocycles. The van der Waals surface area contributed by atoms with E-state index in [9.17, 15) is 19.8 Å². The Labute approximate surface area is 189 Å². The van der Waals surface area contributed by atoms with Crippen molar-refractivity contribution in [2.24, 2.45) is 11.8 Å². The van der Waals surface area contributed by atoms with E-state index in [1.807, 2.05) is 6.07 Å². The third-order valence-electron chi connectivity index (χ3n) is 6.31. The molecule has 6 nitrogen and oxygen atoms in total. The molecule has 0 radical (unpaired) electrons. The molecular formula is C24H37NO5S. The van der Waals surface area contributed by atoms with Gasteiger partial charge in [0.25, 0.3) is 0 Å². The zero-order valence-electron chi connectivity index (χ0n) is 17.9. The van der Waals surface area contributed by atoms with Crippen LogP contribution in [-0.2, 0) is 9.53 Å². The van der Waals surface area contributed by atoms with Crippen LogP contribution in [0.2, 0.25) is 0 Å². The third kappa shape index (κ3) is 5.96. The molecule has 174 valence electrons. The predicted molar refractivity (Wildman–Crippen MR) is 126 cm³/mol. The number of carboxylic acid groups (broad SMARTS) is 1. The van der Waals surface area contributed by atoms with Gasteiger partial charge in [0, 0.05) is 17.9 Å². The van der Waals surface area contributed by atoms with Gasteiger partial charge in [-0.3, -0.25) is 4.79 Å². The van der Waals surface area contributed by atoms with E-state index in [2.05, 4.69) is 13.0 Å². The van der Waals surface area contributed by atoms with Gasteiger partial charge in [0.05, 0.1) is 24.9 Å². The van der Waals surface area contributed by atoms with E-state index in [0.717, 1.165) is 61.8 Å². The SMILES string of the molecule is C.COCC(CO)N(C(=O)C1CCC(C)CC1)c1cc(C2=CCCCC2)sc1C(=O)O. The van der Waals surface area contributed by atoms with E-state index >= 15 is 0 Å². The number of carbonyl (C=O) groups is 2. The predicted octanol–water partition coefficient (Wildman–Crippen LogP) is 5.21. The minimum atomic E-state index is -1.04. The number of aromatic carboxylic acids is 1. The number of amides is 1. The molecular weight excluding hydrogens is 414 g/mol. The van der Waals surface area contributed by atoms with Crippen molar-refractivity contribution in [3.8, 4) is 0 Å². The molecule has 1 saturated carbocycles. The van der Waals surface area contributed by atoms with Crippen LogP contribution in [0.15, 0.2) is 12.1 Å². The van der Waals surface area contributed by atoms with Gasteiger partial charge in [0.2, 0.25) is 5.91 Å². The quantitative estimate of drug-likeness (QED) is 0.567. The number of carbonyl (C=O) groups excluding carboxylic acids is 1. The molecule has 1 unspecified atom stereocenters.